The molecule has 1 aromatic carbocycles. The Kier molecular flexibility index (Phi) is 2.79. The highest BCUT2D eigenvalue weighted by atomic mass is 35.5. The van der Waals surface area contributed by atoms with Gasteiger partial charge in [-0.15, -0.1) is 11.3 Å². The van der Waals surface area contributed by atoms with Gasteiger partial charge < -0.3 is 0 Å². The molecule has 0 saturated carbocycles. The standard InChI is InChI=1S/C16H13ClN2S/c1-2-10-8-13-14(17)18-15(19-16(13)20-10)12-7-9-5-3-4-6-11(9)12/h3-6,8,12H,2,7H2,1H3. The van der Waals surface area contributed by atoms with Gasteiger partial charge in [-0.3, -0.25) is 0 Å². The van der Waals surface area contributed by atoms with Gasteiger partial charge in [-0.2, -0.15) is 0 Å². The molecule has 1 atom stereocenters. The van der Waals surface area contributed by atoms with E-state index >= 15 is 0 Å². The Bertz CT molecular complexity index is 809. The van der Waals surface area contributed by atoms with Crippen LogP contribution in [0.3, 0.4) is 0 Å². The third-order valence-corrected chi connectivity index (χ3v) is 5.39. The Balaban J connectivity index is 1.82. The fraction of sp³-hybridized carbons (Fsp3) is 0.250. The number of benzene rings is 1. The van der Waals surface area contributed by atoms with E-state index in [0.29, 0.717) is 11.1 Å². The number of hydrogen-bond donors (Lipinski definition) is 0. The van der Waals surface area contributed by atoms with Crippen LogP contribution in [-0.4, -0.2) is 9.97 Å². The van der Waals surface area contributed by atoms with Crippen LogP contribution in [0.4, 0.5) is 0 Å². The van der Waals surface area contributed by atoms with Crippen LogP contribution in [0.1, 0.15) is 34.7 Å². The van der Waals surface area contributed by atoms with Gasteiger partial charge >= 0.3 is 0 Å². The molecule has 2 aromatic heterocycles. The largest absolute Gasteiger partial charge is 0.221 e. The van der Waals surface area contributed by atoms with Crippen LogP contribution in [-0.2, 0) is 12.8 Å². The fourth-order valence-corrected chi connectivity index (χ4v) is 4.03. The third-order valence-electron chi connectivity index (χ3n) is 3.93. The van der Waals surface area contributed by atoms with E-state index in [4.69, 9.17) is 16.6 Å². The van der Waals surface area contributed by atoms with E-state index in [9.17, 15) is 0 Å². The lowest BCUT2D eigenvalue weighted by molar-refractivity contribution is 0.664. The van der Waals surface area contributed by atoms with Crippen LogP contribution in [0.5, 0.6) is 0 Å². The number of fused-ring (bicyclic) bond motifs is 2. The predicted molar refractivity (Wildman–Crippen MR) is 83.8 cm³/mol. The zero-order chi connectivity index (χ0) is 13.7. The van der Waals surface area contributed by atoms with Gasteiger partial charge in [0.25, 0.3) is 0 Å². The van der Waals surface area contributed by atoms with Crippen LogP contribution in [0.15, 0.2) is 30.3 Å². The second-order valence-electron chi connectivity index (χ2n) is 5.11. The Morgan fingerprint density at radius 1 is 1.30 bits per heavy atom. The molecule has 1 aliphatic carbocycles. The van der Waals surface area contributed by atoms with Crippen molar-refractivity contribution >= 4 is 33.2 Å². The predicted octanol–water partition coefficient (Wildman–Crippen LogP) is 4.60. The second kappa shape index (κ2) is 4.54. The van der Waals surface area contributed by atoms with Crippen molar-refractivity contribution in [2.24, 2.45) is 0 Å². The Morgan fingerprint density at radius 3 is 2.95 bits per heavy atom. The smallest absolute Gasteiger partial charge is 0.141 e. The molecule has 0 amide bonds. The van der Waals surface area contributed by atoms with E-state index in [1.807, 2.05) is 0 Å². The lowest BCUT2D eigenvalue weighted by Gasteiger charge is -2.28. The van der Waals surface area contributed by atoms with E-state index < -0.39 is 0 Å². The van der Waals surface area contributed by atoms with Crippen LogP contribution < -0.4 is 0 Å². The number of halogens is 1. The zero-order valence-electron chi connectivity index (χ0n) is 11.1. The molecule has 2 nitrogen and oxygen atoms in total. The summed E-state index contributed by atoms with van der Waals surface area (Å²) in [6.45, 7) is 2.15. The number of aromatic nitrogens is 2. The topological polar surface area (TPSA) is 25.8 Å². The third kappa shape index (κ3) is 1.77. The van der Waals surface area contributed by atoms with Crippen molar-refractivity contribution in [3.05, 3.63) is 57.3 Å². The van der Waals surface area contributed by atoms with Crippen LogP contribution in [0.2, 0.25) is 5.15 Å². The molecule has 20 heavy (non-hydrogen) atoms. The highest BCUT2D eigenvalue weighted by Gasteiger charge is 2.30. The Labute approximate surface area is 126 Å². The molecule has 0 radical (unpaired) electrons. The van der Waals surface area contributed by atoms with Gasteiger partial charge in [0, 0.05) is 16.2 Å². The van der Waals surface area contributed by atoms with Gasteiger partial charge in [-0.25, -0.2) is 9.97 Å². The van der Waals surface area contributed by atoms with Crippen molar-refractivity contribution in [3.8, 4) is 0 Å². The first-order chi connectivity index (χ1) is 9.76. The molecule has 0 aliphatic heterocycles. The lowest BCUT2D eigenvalue weighted by atomic mass is 9.77. The molecule has 3 aromatic rings. The molecule has 0 spiro atoms. The lowest BCUT2D eigenvalue weighted by Crippen LogP contribution is -2.20. The van der Waals surface area contributed by atoms with Crippen molar-refractivity contribution in [3.63, 3.8) is 0 Å². The van der Waals surface area contributed by atoms with Crippen molar-refractivity contribution in [2.45, 2.75) is 25.7 Å². The van der Waals surface area contributed by atoms with E-state index in [0.717, 1.165) is 28.9 Å². The highest BCUT2D eigenvalue weighted by molar-refractivity contribution is 7.18. The highest BCUT2D eigenvalue weighted by Crippen LogP contribution is 2.40. The fourth-order valence-electron chi connectivity index (χ4n) is 2.77. The Hall–Kier alpha value is -1.45. The summed E-state index contributed by atoms with van der Waals surface area (Å²) in [5, 5.41) is 1.58. The van der Waals surface area contributed by atoms with Gasteiger partial charge in [0.15, 0.2) is 0 Å². The summed E-state index contributed by atoms with van der Waals surface area (Å²) in [6.07, 6.45) is 2.03. The minimum atomic E-state index is 0.306. The number of aryl methyl sites for hydroxylation is 1. The van der Waals surface area contributed by atoms with Gasteiger partial charge in [-0.05, 0) is 30.0 Å². The monoisotopic (exact) mass is 300 g/mol. The average molecular weight is 301 g/mol. The van der Waals surface area contributed by atoms with Gasteiger partial charge in [-0.1, -0.05) is 42.8 Å². The maximum atomic E-state index is 6.34. The van der Waals surface area contributed by atoms with E-state index in [-0.39, 0.29) is 0 Å². The molecule has 1 unspecified atom stereocenters. The Morgan fingerprint density at radius 2 is 2.15 bits per heavy atom. The minimum absolute atomic E-state index is 0.306. The van der Waals surface area contributed by atoms with Gasteiger partial charge in [0.2, 0.25) is 0 Å². The summed E-state index contributed by atoms with van der Waals surface area (Å²) in [5.74, 6) is 1.17. The normalized spacial score (nSPS) is 17.0. The number of thiophene rings is 1. The summed E-state index contributed by atoms with van der Waals surface area (Å²) >= 11 is 8.06. The van der Waals surface area contributed by atoms with E-state index in [2.05, 4.69) is 42.2 Å². The molecule has 2 heterocycles. The van der Waals surface area contributed by atoms with Crippen LogP contribution >= 0.6 is 22.9 Å². The number of hydrogen-bond acceptors (Lipinski definition) is 3. The first kappa shape index (κ1) is 12.3. The maximum Gasteiger partial charge on any atom is 0.141 e. The molecule has 4 rings (SSSR count). The molecule has 1 aliphatic rings. The molecule has 0 bridgehead atoms. The summed E-state index contributed by atoms with van der Waals surface area (Å²) in [6, 6.07) is 10.6. The first-order valence-corrected chi connectivity index (χ1v) is 7.99. The molecular weight excluding hydrogens is 288 g/mol. The summed E-state index contributed by atoms with van der Waals surface area (Å²) in [4.78, 5) is 11.6. The van der Waals surface area contributed by atoms with E-state index in [1.54, 1.807) is 11.3 Å². The molecular formula is C16H13ClN2S. The average Bonchev–Trinajstić information content (AvgIpc) is 2.84. The molecule has 100 valence electrons. The molecule has 0 saturated heterocycles. The summed E-state index contributed by atoms with van der Waals surface area (Å²) in [5.41, 5.74) is 2.74. The van der Waals surface area contributed by atoms with Gasteiger partial charge in [0.1, 0.15) is 15.8 Å². The quantitative estimate of drug-likeness (QED) is 0.647. The first-order valence-electron chi connectivity index (χ1n) is 6.80. The SMILES string of the molecule is CCc1cc2c(Cl)nc(C3Cc4ccccc43)nc2s1. The molecule has 0 fully saturated rings. The van der Waals surface area contributed by atoms with Crippen molar-refractivity contribution in [1.29, 1.82) is 0 Å². The minimum Gasteiger partial charge on any atom is -0.221 e. The number of nitrogens with zero attached hydrogens (tertiary/aromatic N) is 2. The molecule has 0 N–H and O–H groups in total. The summed E-state index contributed by atoms with van der Waals surface area (Å²) < 4.78 is 0. The van der Waals surface area contributed by atoms with Crippen molar-refractivity contribution < 1.29 is 0 Å². The van der Waals surface area contributed by atoms with Crippen LogP contribution in [0.25, 0.3) is 10.2 Å². The zero-order valence-corrected chi connectivity index (χ0v) is 12.6. The second-order valence-corrected chi connectivity index (χ2v) is 6.59. The van der Waals surface area contributed by atoms with E-state index in [1.165, 1.54) is 16.0 Å². The van der Waals surface area contributed by atoms with Crippen LogP contribution in [0, 0.1) is 0 Å². The van der Waals surface area contributed by atoms with Crippen molar-refractivity contribution in [1.82, 2.24) is 9.97 Å². The maximum absolute atomic E-state index is 6.34. The summed E-state index contributed by atoms with van der Waals surface area (Å²) in [7, 11) is 0. The molecule has 4 heteroatoms. The van der Waals surface area contributed by atoms with Crippen molar-refractivity contribution in [2.75, 3.05) is 0 Å². The van der Waals surface area contributed by atoms with Gasteiger partial charge in [0.05, 0.1) is 0 Å². The number of rotatable bonds is 2.